The molecule has 0 bridgehead atoms. The summed E-state index contributed by atoms with van der Waals surface area (Å²) in [5.74, 6) is -0.281. The zero-order valence-corrected chi connectivity index (χ0v) is 11.2. The van der Waals surface area contributed by atoms with Gasteiger partial charge in [-0.15, -0.1) is 0 Å². The molecule has 0 fully saturated rings. The number of aromatic nitrogens is 3. The van der Waals surface area contributed by atoms with E-state index in [1.807, 2.05) is 12.1 Å². The summed E-state index contributed by atoms with van der Waals surface area (Å²) in [7, 11) is 0. The van der Waals surface area contributed by atoms with Crippen molar-refractivity contribution in [2.24, 2.45) is 0 Å². The van der Waals surface area contributed by atoms with Gasteiger partial charge in [-0.1, -0.05) is 23.7 Å². The molecule has 2 aromatic rings. The van der Waals surface area contributed by atoms with Crippen molar-refractivity contribution in [3.8, 4) is 0 Å². The van der Waals surface area contributed by atoms with Crippen LogP contribution >= 0.6 is 11.6 Å². The molecule has 0 radical (unpaired) electrons. The van der Waals surface area contributed by atoms with Gasteiger partial charge >= 0.3 is 0 Å². The Morgan fingerprint density at radius 3 is 2.70 bits per heavy atom. The number of hydrogen-bond acceptors (Lipinski definition) is 4. The van der Waals surface area contributed by atoms with Crippen LogP contribution in [0.25, 0.3) is 0 Å². The van der Waals surface area contributed by atoms with Crippen molar-refractivity contribution in [1.82, 2.24) is 14.8 Å². The van der Waals surface area contributed by atoms with Crippen LogP contribution in [0, 0.1) is 0 Å². The van der Waals surface area contributed by atoms with E-state index in [2.05, 4.69) is 10.1 Å². The third kappa shape index (κ3) is 2.32. The fourth-order valence-corrected chi connectivity index (χ4v) is 2.66. The third-order valence-corrected chi connectivity index (χ3v) is 3.69. The first-order valence-electron chi connectivity index (χ1n) is 6.18. The number of rotatable bonds is 2. The highest BCUT2D eigenvalue weighted by atomic mass is 35.5. The van der Waals surface area contributed by atoms with Gasteiger partial charge in [-0.05, 0) is 17.7 Å². The quantitative estimate of drug-likeness (QED) is 0.923. The maximum atomic E-state index is 11.7. The Balaban J connectivity index is 2.04. The summed E-state index contributed by atoms with van der Waals surface area (Å²) >= 11 is 5.89. The molecule has 1 aliphatic carbocycles. The van der Waals surface area contributed by atoms with Gasteiger partial charge in [0.05, 0.1) is 0 Å². The van der Waals surface area contributed by atoms with E-state index in [9.17, 15) is 9.90 Å². The number of aliphatic hydroxyl groups excluding tert-OH is 1. The number of halogens is 1. The zero-order chi connectivity index (χ0) is 14.1. The molecule has 6 heteroatoms. The SMILES string of the molecule is O=C1C=C(O)[C@@H](n2cncn2)[C@H](c2ccc(Cl)cc2)C1. The number of ketones is 1. The molecule has 1 N–H and O–H groups in total. The van der Waals surface area contributed by atoms with Gasteiger partial charge in [0.2, 0.25) is 0 Å². The first-order valence-corrected chi connectivity index (χ1v) is 6.56. The number of aliphatic hydroxyl groups is 1. The number of benzene rings is 1. The third-order valence-electron chi connectivity index (χ3n) is 3.43. The fourth-order valence-electron chi connectivity index (χ4n) is 2.53. The minimum atomic E-state index is -0.420. The Labute approximate surface area is 120 Å². The number of nitrogens with zero attached hydrogens (tertiary/aromatic N) is 3. The van der Waals surface area contributed by atoms with E-state index in [0.29, 0.717) is 11.4 Å². The molecule has 1 heterocycles. The summed E-state index contributed by atoms with van der Waals surface area (Å²) in [6, 6.07) is 6.85. The molecule has 0 aliphatic heterocycles. The number of hydrogen-bond donors (Lipinski definition) is 1. The minimum absolute atomic E-state index is 0.00620. The number of carbonyl (C=O) groups is 1. The molecule has 0 unspecified atom stereocenters. The average Bonchev–Trinajstić information content (AvgIpc) is 2.92. The van der Waals surface area contributed by atoms with Crippen LogP contribution in [0.4, 0.5) is 0 Å². The lowest BCUT2D eigenvalue weighted by molar-refractivity contribution is -0.116. The normalized spacial score (nSPS) is 22.6. The Hall–Kier alpha value is -2.14. The smallest absolute Gasteiger partial charge is 0.159 e. The molecular weight excluding hydrogens is 278 g/mol. The largest absolute Gasteiger partial charge is 0.510 e. The van der Waals surface area contributed by atoms with Gasteiger partial charge in [-0.25, -0.2) is 9.67 Å². The molecule has 2 atom stereocenters. The Bertz CT molecular complexity index is 650. The predicted molar refractivity (Wildman–Crippen MR) is 73.6 cm³/mol. The molecule has 20 heavy (non-hydrogen) atoms. The summed E-state index contributed by atoms with van der Waals surface area (Å²) in [6.07, 6.45) is 4.52. The minimum Gasteiger partial charge on any atom is -0.510 e. The van der Waals surface area contributed by atoms with Crippen molar-refractivity contribution in [3.63, 3.8) is 0 Å². The van der Waals surface area contributed by atoms with E-state index >= 15 is 0 Å². The Morgan fingerprint density at radius 1 is 1.30 bits per heavy atom. The molecule has 5 nitrogen and oxygen atoms in total. The van der Waals surface area contributed by atoms with E-state index in [4.69, 9.17) is 11.6 Å². The lowest BCUT2D eigenvalue weighted by Crippen LogP contribution is -2.27. The van der Waals surface area contributed by atoms with Gasteiger partial charge in [0.1, 0.15) is 24.5 Å². The second-order valence-corrected chi connectivity index (χ2v) is 5.15. The molecule has 1 aromatic heterocycles. The van der Waals surface area contributed by atoms with E-state index < -0.39 is 6.04 Å². The Kier molecular flexibility index (Phi) is 3.28. The van der Waals surface area contributed by atoms with E-state index in [0.717, 1.165) is 5.56 Å². The molecule has 1 aliphatic rings. The highest BCUT2D eigenvalue weighted by Gasteiger charge is 2.34. The molecule has 0 amide bonds. The van der Waals surface area contributed by atoms with Crippen LogP contribution in [-0.2, 0) is 4.79 Å². The predicted octanol–water partition coefficient (Wildman–Crippen LogP) is 2.67. The molecule has 0 saturated heterocycles. The summed E-state index contributed by atoms with van der Waals surface area (Å²) in [6.45, 7) is 0. The van der Waals surface area contributed by atoms with Crippen LogP contribution in [0.1, 0.15) is 23.9 Å². The molecule has 102 valence electrons. The molecule has 3 rings (SSSR count). The first kappa shape index (κ1) is 12.9. The summed E-state index contributed by atoms with van der Waals surface area (Å²) in [5, 5.41) is 14.8. The maximum Gasteiger partial charge on any atom is 0.159 e. The van der Waals surface area contributed by atoms with Crippen LogP contribution in [0.15, 0.2) is 48.8 Å². The monoisotopic (exact) mass is 289 g/mol. The zero-order valence-electron chi connectivity index (χ0n) is 10.5. The number of allylic oxidation sites excluding steroid dienone is 2. The molecule has 0 spiro atoms. The lowest BCUT2D eigenvalue weighted by atomic mass is 9.82. The van der Waals surface area contributed by atoms with Gasteiger partial charge in [0.25, 0.3) is 0 Å². The van der Waals surface area contributed by atoms with Crippen molar-refractivity contribution in [3.05, 3.63) is 59.3 Å². The van der Waals surface area contributed by atoms with Gasteiger partial charge in [-0.2, -0.15) is 5.10 Å². The first-order chi connectivity index (χ1) is 9.65. The Morgan fingerprint density at radius 2 is 2.05 bits per heavy atom. The standard InChI is InChI=1S/C14H12ClN3O2/c15-10-3-1-9(2-4-10)12-5-11(19)6-13(20)14(12)18-8-16-7-17-18/h1-4,6-8,12,14,20H,5H2/t12-,14-/m0/s1. The van der Waals surface area contributed by atoms with E-state index in [-0.39, 0.29) is 17.5 Å². The highest BCUT2D eigenvalue weighted by molar-refractivity contribution is 6.30. The summed E-state index contributed by atoms with van der Waals surface area (Å²) < 4.78 is 1.57. The van der Waals surface area contributed by atoms with Crippen LogP contribution in [-0.4, -0.2) is 25.7 Å². The lowest BCUT2D eigenvalue weighted by Gasteiger charge is -2.29. The fraction of sp³-hybridized carbons (Fsp3) is 0.214. The average molecular weight is 290 g/mol. The van der Waals surface area contributed by atoms with Crippen LogP contribution in [0.3, 0.4) is 0 Å². The van der Waals surface area contributed by atoms with Crippen LogP contribution in [0.5, 0.6) is 0 Å². The van der Waals surface area contributed by atoms with Crippen molar-refractivity contribution in [1.29, 1.82) is 0 Å². The van der Waals surface area contributed by atoms with E-state index in [1.54, 1.807) is 16.8 Å². The van der Waals surface area contributed by atoms with E-state index in [1.165, 1.54) is 18.7 Å². The molecular formula is C14H12ClN3O2. The van der Waals surface area contributed by atoms with Crippen molar-refractivity contribution in [2.45, 2.75) is 18.4 Å². The van der Waals surface area contributed by atoms with Crippen LogP contribution in [0.2, 0.25) is 5.02 Å². The summed E-state index contributed by atoms with van der Waals surface area (Å²) in [5.41, 5.74) is 0.933. The molecule has 1 aromatic carbocycles. The van der Waals surface area contributed by atoms with Gasteiger partial charge in [0.15, 0.2) is 5.78 Å². The van der Waals surface area contributed by atoms with Crippen LogP contribution < -0.4 is 0 Å². The second-order valence-electron chi connectivity index (χ2n) is 4.72. The van der Waals surface area contributed by atoms with Crippen molar-refractivity contribution < 1.29 is 9.90 Å². The van der Waals surface area contributed by atoms with Gasteiger partial charge in [-0.3, -0.25) is 4.79 Å². The molecule has 0 saturated carbocycles. The summed E-state index contributed by atoms with van der Waals surface area (Å²) in [4.78, 5) is 15.6. The van der Waals surface area contributed by atoms with Crippen molar-refractivity contribution in [2.75, 3.05) is 0 Å². The second kappa shape index (κ2) is 5.09. The van der Waals surface area contributed by atoms with Gasteiger partial charge in [0, 0.05) is 23.4 Å². The van der Waals surface area contributed by atoms with Gasteiger partial charge < -0.3 is 5.11 Å². The van der Waals surface area contributed by atoms with Crippen molar-refractivity contribution >= 4 is 17.4 Å². The highest BCUT2D eigenvalue weighted by Crippen LogP contribution is 2.39. The number of carbonyl (C=O) groups excluding carboxylic acids is 1. The topological polar surface area (TPSA) is 68.0 Å². The maximum absolute atomic E-state index is 11.7.